The second kappa shape index (κ2) is 9.32. The molecule has 0 atom stereocenters. The van der Waals surface area contributed by atoms with Gasteiger partial charge in [0.15, 0.2) is 0 Å². The van der Waals surface area contributed by atoms with Gasteiger partial charge in [-0.2, -0.15) is 0 Å². The smallest absolute Gasteiger partial charge is 0.251 e. The summed E-state index contributed by atoms with van der Waals surface area (Å²) in [5.41, 5.74) is 5.43. The molecule has 3 aromatic heterocycles. The molecule has 1 N–H and O–H groups in total. The Morgan fingerprint density at radius 2 is 1.78 bits per heavy atom. The minimum absolute atomic E-state index is 0.117. The third kappa shape index (κ3) is 4.54. The number of amides is 1. The minimum Gasteiger partial charge on any atom is -0.381 e. The third-order valence-corrected chi connectivity index (χ3v) is 7.30. The summed E-state index contributed by atoms with van der Waals surface area (Å²) < 4.78 is 5.55. The highest BCUT2D eigenvalue weighted by atomic mass is 16.5. The van der Waals surface area contributed by atoms with E-state index in [1.165, 1.54) is 0 Å². The van der Waals surface area contributed by atoms with Crippen LogP contribution in [0.25, 0.3) is 22.3 Å². The van der Waals surface area contributed by atoms with E-state index in [9.17, 15) is 4.79 Å². The highest BCUT2D eigenvalue weighted by Crippen LogP contribution is 2.41. The minimum atomic E-state index is -0.117. The molecule has 2 saturated heterocycles. The lowest BCUT2D eigenvalue weighted by Crippen LogP contribution is -2.58. The van der Waals surface area contributed by atoms with E-state index in [0.29, 0.717) is 17.5 Å². The predicted octanol–water partition coefficient (Wildman–Crippen LogP) is 4.55. The van der Waals surface area contributed by atoms with Crippen LogP contribution in [0.2, 0.25) is 0 Å². The van der Waals surface area contributed by atoms with Crippen LogP contribution < -0.4 is 10.2 Å². The van der Waals surface area contributed by atoms with Gasteiger partial charge in [0.1, 0.15) is 5.82 Å². The number of pyridine rings is 3. The van der Waals surface area contributed by atoms with Crippen molar-refractivity contribution in [2.75, 3.05) is 31.2 Å². The first-order chi connectivity index (χ1) is 17.6. The molecular weight excluding hydrogens is 450 g/mol. The topological polar surface area (TPSA) is 80.2 Å². The summed E-state index contributed by atoms with van der Waals surface area (Å²) in [6.07, 6.45) is 4.07. The number of carbonyl (C=O) groups excluding carboxylic acids is 1. The van der Waals surface area contributed by atoms with Gasteiger partial charge in [-0.25, -0.2) is 9.97 Å². The number of nitrogens with zero attached hydrogens (tertiary/aromatic N) is 4. The lowest BCUT2D eigenvalue weighted by molar-refractivity contribution is -0.000448. The van der Waals surface area contributed by atoms with Crippen LogP contribution in [0.5, 0.6) is 0 Å². The summed E-state index contributed by atoms with van der Waals surface area (Å²) in [5, 5.41) is 3.90. The number of fused-ring (bicyclic) bond motifs is 1. The van der Waals surface area contributed by atoms with E-state index in [0.717, 1.165) is 78.5 Å². The van der Waals surface area contributed by atoms with Gasteiger partial charge in [0, 0.05) is 48.9 Å². The number of anilines is 1. The maximum absolute atomic E-state index is 12.5. The van der Waals surface area contributed by atoms with Crippen molar-refractivity contribution in [1.29, 1.82) is 0 Å². The highest BCUT2D eigenvalue weighted by molar-refractivity contribution is 5.94. The van der Waals surface area contributed by atoms with Crippen LogP contribution in [-0.4, -0.2) is 47.2 Å². The Morgan fingerprint density at radius 3 is 2.58 bits per heavy atom. The maximum Gasteiger partial charge on any atom is 0.251 e. The van der Waals surface area contributed by atoms with Crippen LogP contribution >= 0.6 is 0 Å². The molecule has 1 amide bonds. The second-order valence-electron chi connectivity index (χ2n) is 9.96. The van der Waals surface area contributed by atoms with Gasteiger partial charge in [-0.15, -0.1) is 0 Å². The fraction of sp³-hybridized carbons (Fsp3) is 0.310. The molecule has 36 heavy (non-hydrogen) atoms. The molecule has 0 unspecified atom stereocenters. The van der Waals surface area contributed by atoms with E-state index in [1.807, 2.05) is 55.5 Å². The zero-order valence-corrected chi connectivity index (χ0v) is 20.4. The van der Waals surface area contributed by atoms with E-state index >= 15 is 0 Å². The first-order valence-electron chi connectivity index (χ1n) is 12.5. The lowest BCUT2D eigenvalue weighted by Gasteiger charge is -2.52. The van der Waals surface area contributed by atoms with Crippen LogP contribution in [0, 0.1) is 12.3 Å². The Balaban J connectivity index is 1.17. The molecule has 0 aliphatic carbocycles. The molecule has 0 radical (unpaired) electrons. The molecule has 5 heterocycles. The molecule has 0 bridgehead atoms. The molecule has 7 heteroatoms. The van der Waals surface area contributed by atoms with Crippen molar-refractivity contribution in [2.45, 2.75) is 26.3 Å². The van der Waals surface area contributed by atoms with Gasteiger partial charge in [-0.05, 0) is 62.2 Å². The summed E-state index contributed by atoms with van der Waals surface area (Å²) >= 11 is 0. The number of nitrogens with one attached hydrogen (secondary N) is 1. The quantitative estimate of drug-likeness (QED) is 0.453. The van der Waals surface area contributed by atoms with Crippen LogP contribution in [0.3, 0.4) is 0 Å². The molecule has 7 nitrogen and oxygen atoms in total. The highest BCUT2D eigenvalue weighted by Gasteiger charge is 2.44. The van der Waals surface area contributed by atoms with Gasteiger partial charge >= 0.3 is 0 Å². The third-order valence-electron chi connectivity index (χ3n) is 7.30. The zero-order valence-electron chi connectivity index (χ0n) is 20.4. The van der Waals surface area contributed by atoms with Gasteiger partial charge in [-0.3, -0.25) is 9.78 Å². The zero-order chi connectivity index (χ0) is 24.5. The number of carbonyl (C=O) groups is 1. The monoisotopic (exact) mass is 479 g/mol. The van der Waals surface area contributed by atoms with Crippen molar-refractivity contribution < 1.29 is 9.53 Å². The van der Waals surface area contributed by atoms with Crippen LogP contribution in [0.15, 0.2) is 66.9 Å². The summed E-state index contributed by atoms with van der Waals surface area (Å²) in [6, 6.07) is 19.6. The molecule has 2 fully saturated rings. The molecule has 4 aromatic rings. The van der Waals surface area contributed by atoms with Gasteiger partial charge in [0.2, 0.25) is 0 Å². The molecule has 6 rings (SSSR count). The van der Waals surface area contributed by atoms with Crippen molar-refractivity contribution in [1.82, 2.24) is 20.3 Å². The SMILES string of the molecule is Cc1ccc(C(=O)NCc2cc3nc(-c4cccc(N5CC6(CCOCC6)C5)n4)ccc3cn2)cc1. The number of hydrogen-bond acceptors (Lipinski definition) is 6. The van der Waals surface area contributed by atoms with E-state index < -0.39 is 0 Å². The van der Waals surface area contributed by atoms with Gasteiger partial charge in [-0.1, -0.05) is 23.8 Å². The average Bonchev–Trinajstić information content (AvgIpc) is 2.91. The first-order valence-corrected chi connectivity index (χ1v) is 12.5. The van der Waals surface area contributed by atoms with Crippen LogP contribution in [0.4, 0.5) is 5.82 Å². The molecule has 2 aliphatic heterocycles. The fourth-order valence-electron chi connectivity index (χ4n) is 5.06. The van der Waals surface area contributed by atoms with Crippen molar-refractivity contribution >= 4 is 22.6 Å². The number of aromatic nitrogens is 3. The standard InChI is InChI=1S/C29H29N5O2/c1-20-5-7-21(8-6-20)28(35)31-17-23-15-26-22(16-30-23)9-10-25(32-26)24-3-2-4-27(33-24)34-18-29(19-34)11-13-36-14-12-29/h2-10,15-16H,11-14,17-19H2,1H3,(H,31,35). The normalized spacial score (nSPS) is 16.6. The number of benzene rings is 1. The largest absolute Gasteiger partial charge is 0.381 e. The van der Waals surface area contributed by atoms with Gasteiger partial charge < -0.3 is 15.0 Å². The number of hydrogen-bond donors (Lipinski definition) is 1. The van der Waals surface area contributed by atoms with Gasteiger partial charge in [0.05, 0.1) is 29.1 Å². The van der Waals surface area contributed by atoms with Crippen LogP contribution in [-0.2, 0) is 11.3 Å². The van der Waals surface area contributed by atoms with Crippen molar-refractivity contribution in [3.63, 3.8) is 0 Å². The predicted molar refractivity (Wildman–Crippen MR) is 140 cm³/mol. The first kappa shape index (κ1) is 22.6. The Morgan fingerprint density at radius 1 is 1.00 bits per heavy atom. The Kier molecular flexibility index (Phi) is 5.85. The molecule has 182 valence electrons. The summed E-state index contributed by atoms with van der Waals surface area (Å²) in [4.78, 5) is 29.1. The van der Waals surface area contributed by atoms with E-state index in [4.69, 9.17) is 14.7 Å². The van der Waals surface area contributed by atoms with Crippen molar-refractivity contribution in [2.24, 2.45) is 5.41 Å². The summed E-state index contributed by atoms with van der Waals surface area (Å²) in [5.74, 6) is 0.883. The van der Waals surface area contributed by atoms with E-state index in [-0.39, 0.29) is 5.91 Å². The summed E-state index contributed by atoms with van der Waals surface area (Å²) in [7, 11) is 0. The maximum atomic E-state index is 12.5. The fourth-order valence-corrected chi connectivity index (χ4v) is 5.06. The van der Waals surface area contributed by atoms with E-state index in [2.05, 4.69) is 27.3 Å². The summed E-state index contributed by atoms with van der Waals surface area (Å²) in [6.45, 7) is 6.16. The van der Waals surface area contributed by atoms with Crippen molar-refractivity contribution in [3.05, 3.63) is 83.7 Å². The molecule has 1 spiro atoms. The Bertz CT molecular complexity index is 1410. The number of ether oxygens (including phenoxy) is 1. The Hall–Kier alpha value is -3.84. The Labute approximate surface area is 210 Å². The molecule has 1 aromatic carbocycles. The van der Waals surface area contributed by atoms with Crippen molar-refractivity contribution in [3.8, 4) is 11.4 Å². The van der Waals surface area contributed by atoms with E-state index in [1.54, 1.807) is 6.20 Å². The lowest BCUT2D eigenvalue weighted by atomic mass is 9.73. The number of aryl methyl sites for hydroxylation is 1. The average molecular weight is 480 g/mol. The van der Waals surface area contributed by atoms with Gasteiger partial charge in [0.25, 0.3) is 5.91 Å². The molecule has 0 saturated carbocycles. The number of rotatable bonds is 5. The molecule has 2 aliphatic rings. The van der Waals surface area contributed by atoms with Crippen LogP contribution in [0.1, 0.15) is 34.5 Å². The second-order valence-corrected chi connectivity index (χ2v) is 9.96. The molecular formula is C29H29N5O2.